The van der Waals surface area contributed by atoms with E-state index in [-0.39, 0.29) is 18.7 Å². The average molecular weight is 285 g/mol. The molecule has 8 nitrogen and oxygen atoms in total. The molecule has 0 bridgehead atoms. The number of carbonyl (C=O) groups excluding carboxylic acids is 3. The number of carbonyl (C=O) groups is 4. The van der Waals surface area contributed by atoms with Crippen molar-refractivity contribution in [3.8, 4) is 0 Å². The lowest BCUT2D eigenvalue weighted by molar-refractivity contribution is -0.144. The molecule has 0 aromatic carbocycles. The Morgan fingerprint density at radius 3 is 2.40 bits per heavy atom. The number of nitrogens with one attached hydrogen (secondary N) is 1. The summed E-state index contributed by atoms with van der Waals surface area (Å²) in [5.74, 6) is -1.99. The highest BCUT2D eigenvalue weighted by Gasteiger charge is 2.43. The van der Waals surface area contributed by atoms with Gasteiger partial charge in [-0.3, -0.25) is 19.7 Å². The average Bonchev–Trinajstić information content (AvgIpc) is 2.33. The Morgan fingerprint density at radius 1 is 1.25 bits per heavy atom. The predicted molar refractivity (Wildman–Crippen MR) is 68.8 cm³/mol. The van der Waals surface area contributed by atoms with E-state index in [1.807, 2.05) is 0 Å². The second-order valence-corrected chi connectivity index (χ2v) is 5.18. The lowest BCUT2D eigenvalue weighted by atomic mass is 9.98. The van der Waals surface area contributed by atoms with Gasteiger partial charge in [0.15, 0.2) is 0 Å². The van der Waals surface area contributed by atoms with Crippen LogP contribution in [0.1, 0.15) is 26.7 Å². The van der Waals surface area contributed by atoms with E-state index in [9.17, 15) is 19.2 Å². The van der Waals surface area contributed by atoms with Gasteiger partial charge in [0.2, 0.25) is 11.8 Å². The third-order valence-corrected chi connectivity index (χ3v) is 3.26. The molecule has 112 valence electrons. The van der Waals surface area contributed by atoms with Crippen molar-refractivity contribution >= 4 is 23.8 Å². The third-order valence-electron chi connectivity index (χ3n) is 3.26. The highest BCUT2D eigenvalue weighted by Crippen LogP contribution is 2.21. The Labute approximate surface area is 116 Å². The first kappa shape index (κ1) is 15.9. The largest absolute Gasteiger partial charge is 0.481 e. The second kappa shape index (κ2) is 5.89. The Balaban J connectivity index is 2.65. The number of urea groups is 1. The number of imide groups is 1. The van der Waals surface area contributed by atoms with Crippen molar-refractivity contribution in [1.82, 2.24) is 15.1 Å². The minimum absolute atomic E-state index is 0.211. The molecule has 0 atom stereocenters. The second-order valence-electron chi connectivity index (χ2n) is 5.18. The molecular weight excluding hydrogens is 266 g/mol. The van der Waals surface area contributed by atoms with E-state index < -0.39 is 23.4 Å². The number of nitrogens with zero attached hydrogens (tertiary/aromatic N) is 2. The minimum Gasteiger partial charge on any atom is -0.481 e. The van der Waals surface area contributed by atoms with Gasteiger partial charge in [0.25, 0.3) is 0 Å². The molecule has 2 N–H and O–H groups in total. The van der Waals surface area contributed by atoms with E-state index in [1.165, 1.54) is 9.80 Å². The molecule has 0 aromatic heterocycles. The molecule has 1 aliphatic heterocycles. The summed E-state index contributed by atoms with van der Waals surface area (Å²) in [5.41, 5.74) is -1.04. The predicted octanol–water partition coefficient (Wildman–Crippen LogP) is -0.360. The Kier molecular flexibility index (Phi) is 4.69. The van der Waals surface area contributed by atoms with Crippen molar-refractivity contribution in [1.29, 1.82) is 0 Å². The number of piperazine rings is 1. The molecule has 4 amide bonds. The first-order valence-electron chi connectivity index (χ1n) is 6.25. The van der Waals surface area contributed by atoms with Gasteiger partial charge in [0.05, 0.1) is 6.42 Å². The molecule has 20 heavy (non-hydrogen) atoms. The van der Waals surface area contributed by atoms with Crippen molar-refractivity contribution in [2.75, 3.05) is 20.1 Å². The fourth-order valence-corrected chi connectivity index (χ4v) is 2.04. The van der Waals surface area contributed by atoms with E-state index >= 15 is 0 Å². The summed E-state index contributed by atoms with van der Waals surface area (Å²) in [5, 5.41) is 10.6. The maximum absolute atomic E-state index is 12.0. The SMILES string of the molecule is CN1CCN(C(=O)NC(=O)CCC(=O)O)C(C)(C)C1=O. The van der Waals surface area contributed by atoms with Crippen LogP contribution in [0.25, 0.3) is 0 Å². The summed E-state index contributed by atoms with van der Waals surface area (Å²) >= 11 is 0. The fraction of sp³-hybridized carbons (Fsp3) is 0.667. The van der Waals surface area contributed by atoms with Crippen LogP contribution in [0.2, 0.25) is 0 Å². The highest BCUT2D eigenvalue weighted by molar-refractivity contribution is 5.98. The minimum atomic E-state index is -1.11. The van der Waals surface area contributed by atoms with Gasteiger partial charge in [-0.25, -0.2) is 4.79 Å². The van der Waals surface area contributed by atoms with Crippen LogP contribution in [0.3, 0.4) is 0 Å². The normalized spacial score (nSPS) is 17.9. The molecule has 1 saturated heterocycles. The van der Waals surface area contributed by atoms with Gasteiger partial charge >= 0.3 is 12.0 Å². The summed E-state index contributed by atoms with van der Waals surface area (Å²) in [6.45, 7) is 3.91. The summed E-state index contributed by atoms with van der Waals surface area (Å²) < 4.78 is 0. The molecular formula is C12H19N3O5. The van der Waals surface area contributed by atoms with Crippen LogP contribution in [0.5, 0.6) is 0 Å². The molecule has 1 heterocycles. The number of rotatable bonds is 3. The number of amides is 4. The monoisotopic (exact) mass is 285 g/mol. The Bertz CT molecular complexity index is 446. The standard InChI is InChI=1S/C12H19N3O5/c1-12(2)10(19)14(3)6-7-15(12)11(20)13-8(16)4-5-9(17)18/h4-7H2,1-3H3,(H,17,18)(H,13,16,20). The summed E-state index contributed by atoms with van der Waals surface area (Å²) in [6, 6.07) is -0.674. The van der Waals surface area contributed by atoms with E-state index in [4.69, 9.17) is 5.11 Å². The maximum atomic E-state index is 12.0. The van der Waals surface area contributed by atoms with Gasteiger partial charge in [-0.1, -0.05) is 0 Å². The smallest absolute Gasteiger partial charge is 0.324 e. The summed E-state index contributed by atoms with van der Waals surface area (Å²) in [4.78, 5) is 48.6. The van der Waals surface area contributed by atoms with Gasteiger partial charge in [-0.2, -0.15) is 0 Å². The molecule has 8 heteroatoms. The van der Waals surface area contributed by atoms with Crippen LogP contribution < -0.4 is 5.32 Å². The molecule has 0 unspecified atom stereocenters. The molecule has 0 aliphatic carbocycles. The third kappa shape index (κ3) is 3.46. The van der Waals surface area contributed by atoms with E-state index in [0.717, 1.165) is 0 Å². The van der Waals surface area contributed by atoms with E-state index in [1.54, 1.807) is 20.9 Å². The van der Waals surface area contributed by atoms with E-state index in [2.05, 4.69) is 5.32 Å². The summed E-state index contributed by atoms with van der Waals surface area (Å²) in [7, 11) is 1.65. The fourth-order valence-electron chi connectivity index (χ4n) is 2.04. The first-order valence-corrected chi connectivity index (χ1v) is 6.25. The van der Waals surface area contributed by atoms with Crippen LogP contribution >= 0.6 is 0 Å². The lowest BCUT2D eigenvalue weighted by Crippen LogP contribution is -2.65. The number of hydrogen-bond acceptors (Lipinski definition) is 4. The van der Waals surface area contributed by atoms with Gasteiger partial charge in [0.1, 0.15) is 5.54 Å². The van der Waals surface area contributed by atoms with Crippen molar-refractivity contribution in [2.24, 2.45) is 0 Å². The van der Waals surface area contributed by atoms with Crippen LogP contribution in [-0.2, 0) is 14.4 Å². The molecule has 0 radical (unpaired) electrons. The number of hydrogen-bond donors (Lipinski definition) is 2. The lowest BCUT2D eigenvalue weighted by Gasteiger charge is -2.44. The van der Waals surface area contributed by atoms with Gasteiger partial charge in [-0.05, 0) is 13.8 Å². The quantitative estimate of drug-likeness (QED) is 0.736. The van der Waals surface area contributed by atoms with Gasteiger partial charge < -0.3 is 14.9 Å². The van der Waals surface area contributed by atoms with E-state index in [0.29, 0.717) is 13.1 Å². The van der Waals surface area contributed by atoms with Crippen LogP contribution in [0, 0.1) is 0 Å². The van der Waals surface area contributed by atoms with Crippen LogP contribution in [0.15, 0.2) is 0 Å². The molecule has 0 spiro atoms. The zero-order valence-electron chi connectivity index (χ0n) is 11.8. The van der Waals surface area contributed by atoms with Gasteiger partial charge in [0, 0.05) is 26.6 Å². The molecule has 0 aromatic rings. The Hall–Kier alpha value is -2.12. The molecule has 1 rings (SSSR count). The van der Waals surface area contributed by atoms with Crippen LogP contribution in [-0.4, -0.2) is 64.4 Å². The topological polar surface area (TPSA) is 107 Å². The zero-order valence-corrected chi connectivity index (χ0v) is 11.8. The van der Waals surface area contributed by atoms with Gasteiger partial charge in [-0.15, -0.1) is 0 Å². The van der Waals surface area contributed by atoms with Crippen molar-refractivity contribution in [3.63, 3.8) is 0 Å². The molecule has 0 saturated carbocycles. The number of likely N-dealkylation sites (N-methyl/N-ethyl adjacent to an activating group) is 1. The number of carboxylic acid groups (broad SMARTS) is 1. The molecule has 1 aliphatic rings. The van der Waals surface area contributed by atoms with Crippen molar-refractivity contribution < 1.29 is 24.3 Å². The zero-order chi connectivity index (χ0) is 15.5. The van der Waals surface area contributed by atoms with Crippen molar-refractivity contribution in [2.45, 2.75) is 32.2 Å². The summed E-state index contributed by atoms with van der Waals surface area (Å²) in [6.07, 6.45) is -0.618. The van der Waals surface area contributed by atoms with Crippen molar-refractivity contribution in [3.05, 3.63) is 0 Å². The Morgan fingerprint density at radius 2 is 1.85 bits per heavy atom. The van der Waals surface area contributed by atoms with Crippen LogP contribution in [0.4, 0.5) is 4.79 Å². The molecule has 1 fully saturated rings. The maximum Gasteiger partial charge on any atom is 0.324 e. The highest BCUT2D eigenvalue weighted by atomic mass is 16.4. The number of carboxylic acids is 1. The first-order chi connectivity index (χ1) is 9.16. The number of aliphatic carboxylic acids is 1.